The molecule has 0 radical (unpaired) electrons. The molecule has 0 aliphatic carbocycles. The van der Waals surface area contributed by atoms with Crippen LogP contribution in [0.1, 0.15) is 15.9 Å². The van der Waals surface area contributed by atoms with Crippen LogP contribution in [0, 0.1) is 0 Å². The van der Waals surface area contributed by atoms with Gasteiger partial charge in [-0.3, -0.25) is 0 Å². The molecule has 0 aliphatic rings. The van der Waals surface area contributed by atoms with E-state index >= 15 is 0 Å². The van der Waals surface area contributed by atoms with Crippen LogP contribution in [0.3, 0.4) is 0 Å². The number of hydrogen-bond donors (Lipinski definition) is 0. The van der Waals surface area contributed by atoms with Gasteiger partial charge in [-0.2, -0.15) is 15.0 Å². The maximum Gasteiger partial charge on any atom is 0.338 e. The number of aromatic nitrogens is 3. The number of esters is 1. The highest BCUT2D eigenvalue weighted by Crippen LogP contribution is 2.15. The largest absolute Gasteiger partial charge is 0.493 e. The molecule has 1 aromatic heterocycles. The van der Waals surface area contributed by atoms with Gasteiger partial charge >= 0.3 is 5.97 Å². The van der Waals surface area contributed by atoms with E-state index in [0.29, 0.717) is 17.9 Å². The van der Waals surface area contributed by atoms with Gasteiger partial charge in [0.15, 0.2) is 0 Å². The van der Waals surface area contributed by atoms with Crippen molar-refractivity contribution < 1.29 is 14.3 Å². The van der Waals surface area contributed by atoms with E-state index in [1.165, 1.54) is 4.80 Å². The van der Waals surface area contributed by atoms with Gasteiger partial charge in [-0.1, -0.05) is 35.4 Å². The van der Waals surface area contributed by atoms with Crippen LogP contribution in [-0.2, 0) is 17.9 Å². The van der Waals surface area contributed by atoms with E-state index in [0.717, 1.165) is 5.56 Å². The van der Waals surface area contributed by atoms with Gasteiger partial charge in [0.05, 0.1) is 37.2 Å². The van der Waals surface area contributed by atoms with Crippen LogP contribution in [-0.4, -0.2) is 33.6 Å². The molecule has 0 saturated carbocycles. The Hall–Kier alpha value is -3.84. The number of carbonyl (C=O) groups is 1. The second-order valence-corrected chi connectivity index (χ2v) is 5.84. The molecule has 9 nitrogen and oxygen atoms in total. The topological polar surface area (TPSA) is 115 Å². The molecule has 2 aromatic carbocycles. The Morgan fingerprint density at radius 3 is 2.50 bits per heavy atom. The standard InChI is InChI=1S/C19H18N6O3/c20-24-23-17(12-25-21-10-11-22-25)14-27-18-8-6-16(7-9-18)19(26)28-13-15-4-2-1-3-5-15/h1-11,17H,12-14H2. The van der Waals surface area contributed by atoms with Crippen LogP contribution in [0.4, 0.5) is 0 Å². The summed E-state index contributed by atoms with van der Waals surface area (Å²) in [6.07, 6.45) is 3.09. The second kappa shape index (κ2) is 9.75. The number of nitrogens with zero attached hydrogens (tertiary/aromatic N) is 6. The fourth-order valence-electron chi connectivity index (χ4n) is 2.41. The number of azide groups is 1. The van der Waals surface area contributed by atoms with Gasteiger partial charge < -0.3 is 9.47 Å². The van der Waals surface area contributed by atoms with Crippen molar-refractivity contribution in [3.63, 3.8) is 0 Å². The molecule has 0 spiro atoms. The van der Waals surface area contributed by atoms with Crippen molar-refractivity contribution in [3.05, 3.63) is 88.6 Å². The van der Waals surface area contributed by atoms with Crippen molar-refractivity contribution in [2.24, 2.45) is 5.11 Å². The molecule has 1 heterocycles. The minimum absolute atomic E-state index is 0.156. The van der Waals surface area contributed by atoms with Gasteiger partial charge in [-0.15, -0.1) is 0 Å². The van der Waals surface area contributed by atoms with Crippen molar-refractivity contribution in [1.29, 1.82) is 0 Å². The van der Waals surface area contributed by atoms with E-state index in [4.69, 9.17) is 15.0 Å². The SMILES string of the molecule is [N-]=[N+]=NC(COc1ccc(C(=O)OCc2ccccc2)cc1)Cn1nccn1. The second-order valence-electron chi connectivity index (χ2n) is 5.84. The summed E-state index contributed by atoms with van der Waals surface area (Å²) in [6, 6.07) is 15.6. The van der Waals surface area contributed by atoms with Crippen molar-refractivity contribution in [2.75, 3.05) is 6.61 Å². The fraction of sp³-hybridized carbons (Fsp3) is 0.211. The average molecular weight is 378 g/mol. The lowest BCUT2D eigenvalue weighted by Gasteiger charge is -2.12. The van der Waals surface area contributed by atoms with Crippen molar-refractivity contribution in [1.82, 2.24) is 15.0 Å². The minimum atomic E-state index is -0.465. The first-order valence-electron chi connectivity index (χ1n) is 8.57. The average Bonchev–Trinajstić information content (AvgIpc) is 3.25. The van der Waals surface area contributed by atoms with E-state index in [1.54, 1.807) is 36.7 Å². The zero-order valence-electron chi connectivity index (χ0n) is 15.0. The molecule has 1 atom stereocenters. The zero-order chi connectivity index (χ0) is 19.6. The maximum absolute atomic E-state index is 12.1. The lowest BCUT2D eigenvalue weighted by Crippen LogP contribution is -2.23. The quantitative estimate of drug-likeness (QED) is 0.245. The van der Waals surface area contributed by atoms with Crippen LogP contribution in [0.5, 0.6) is 5.75 Å². The number of hydrogen-bond acceptors (Lipinski definition) is 6. The van der Waals surface area contributed by atoms with E-state index < -0.39 is 12.0 Å². The van der Waals surface area contributed by atoms with E-state index in [-0.39, 0.29) is 13.2 Å². The highest BCUT2D eigenvalue weighted by atomic mass is 16.5. The van der Waals surface area contributed by atoms with E-state index in [9.17, 15) is 4.79 Å². The summed E-state index contributed by atoms with van der Waals surface area (Å²) in [5.41, 5.74) is 10.0. The van der Waals surface area contributed by atoms with Gasteiger partial charge in [-0.25, -0.2) is 4.79 Å². The monoisotopic (exact) mass is 378 g/mol. The Morgan fingerprint density at radius 2 is 1.82 bits per heavy atom. The highest BCUT2D eigenvalue weighted by Gasteiger charge is 2.11. The molecule has 0 saturated heterocycles. The summed E-state index contributed by atoms with van der Waals surface area (Å²) < 4.78 is 10.9. The molecule has 1 unspecified atom stereocenters. The summed E-state index contributed by atoms with van der Waals surface area (Å²) in [5, 5.41) is 11.7. The van der Waals surface area contributed by atoms with Crippen molar-refractivity contribution in [3.8, 4) is 5.75 Å². The Balaban J connectivity index is 1.51. The Labute approximate surface area is 161 Å². The summed E-state index contributed by atoms with van der Waals surface area (Å²) in [5.74, 6) is 0.137. The summed E-state index contributed by atoms with van der Waals surface area (Å²) in [6.45, 7) is 0.678. The molecule has 3 rings (SSSR count). The smallest absolute Gasteiger partial charge is 0.338 e. The fourth-order valence-corrected chi connectivity index (χ4v) is 2.41. The molecule has 0 N–H and O–H groups in total. The Morgan fingerprint density at radius 1 is 1.11 bits per heavy atom. The summed E-state index contributed by atoms with van der Waals surface area (Å²) in [7, 11) is 0. The first-order valence-corrected chi connectivity index (χ1v) is 8.57. The first kappa shape index (κ1) is 18.9. The van der Waals surface area contributed by atoms with Gasteiger partial charge in [0.1, 0.15) is 12.4 Å². The molecule has 142 valence electrons. The normalized spacial score (nSPS) is 11.3. The van der Waals surface area contributed by atoms with Crippen molar-refractivity contribution >= 4 is 5.97 Å². The lowest BCUT2D eigenvalue weighted by atomic mass is 10.2. The number of rotatable bonds is 9. The summed E-state index contributed by atoms with van der Waals surface area (Å²) >= 11 is 0. The summed E-state index contributed by atoms with van der Waals surface area (Å²) in [4.78, 5) is 16.4. The molecular weight excluding hydrogens is 360 g/mol. The van der Waals surface area contributed by atoms with Gasteiger partial charge in [0.25, 0.3) is 0 Å². The van der Waals surface area contributed by atoms with Crippen LogP contribution in [0.25, 0.3) is 10.4 Å². The Bertz CT molecular complexity index is 922. The third-order valence-corrected chi connectivity index (χ3v) is 3.80. The van der Waals surface area contributed by atoms with Crippen LogP contribution >= 0.6 is 0 Å². The highest BCUT2D eigenvalue weighted by molar-refractivity contribution is 5.89. The van der Waals surface area contributed by atoms with Gasteiger partial charge in [0, 0.05) is 4.91 Å². The molecule has 28 heavy (non-hydrogen) atoms. The molecular formula is C19H18N6O3. The number of ether oxygens (including phenoxy) is 2. The lowest BCUT2D eigenvalue weighted by molar-refractivity contribution is 0.0472. The molecule has 9 heteroatoms. The molecule has 3 aromatic rings. The van der Waals surface area contributed by atoms with Crippen LogP contribution in [0.2, 0.25) is 0 Å². The number of benzene rings is 2. The number of carbonyl (C=O) groups excluding carboxylic acids is 1. The van der Waals surface area contributed by atoms with Gasteiger partial charge in [-0.05, 0) is 35.4 Å². The van der Waals surface area contributed by atoms with Crippen molar-refractivity contribution in [2.45, 2.75) is 19.2 Å². The van der Waals surface area contributed by atoms with Gasteiger partial charge in [0.2, 0.25) is 0 Å². The predicted molar refractivity (Wildman–Crippen MR) is 100 cm³/mol. The molecule has 0 amide bonds. The van der Waals surface area contributed by atoms with Crippen LogP contribution in [0.15, 0.2) is 72.1 Å². The molecule has 0 fully saturated rings. The third kappa shape index (κ3) is 5.58. The maximum atomic E-state index is 12.1. The molecule has 0 aliphatic heterocycles. The van der Waals surface area contributed by atoms with Crippen LogP contribution < -0.4 is 4.74 Å². The predicted octanol–water partition coefficient (Wildman–Crippen LogP) is 3.39. The van der Waals surface area contributed by atoms with E-state index in [2.05, 4.69) is 20.2 Å². The third-order valence-electron chi connectivity index (χ3n) is 3.80. The zero-order valence-corrected chi connectivity index (χ0v) is 15.0. The van der Waals surface area contributed by atoms with E-state index in [1.807, 2.05) is 30.3 Å². The Kier molecular flexibility index (Phi) is 6.59. The first-order chi connectivity index (χ1) is 13.7. The minimum Gasteiger partial charge on any atom is -0.493 e. The molecule has 0 bridgehead atoms.